The number of amides is 2. The van der Waals surface area contributed by atoms with Crippen LogP contribution in [0.25, 0.3) is 0 Å². The third-order valence-corrected chi connectivity index (χ3v) is 3.13. The number of ether oxygens (including phenoxy) is 1. The van der Waals surface area contributed by atoms with E-state index < -0.39 is 24.3 Å². The maximum absolute atomic E-state index is 12.2. The summed E-state index contributed by atoms with van der Waals surface area (Å²) in [6.45, 7) is 7.04. The van der Waals surface area contributed by atoms with Crippen LogP contribution in [0, 0.1) is 0 Å². The first-order valence-electron chi connectivity index (χ1n) is 7.91. The van der Waals surface area contributed by atoms with Gasteiger partial charge in [-0.05, 0) is 0 Å². The van der Waals surface area contributed by atoms with Gasteiger partial charge >= 0.3 is 0 Å². The van der Waals surface area contributed by atoms with Crippen LogP contribution in [0.5, 0.6) is 0 Å². The largest absolute Gasteiger partial charge is 0.383 e. The molecule has 0 aromatic rings. The van der Waals surface area contributed by atoms with Gasteiger partial charge in [-0.15, -0.1) is 0 Å². The fourth-order valence-corrected chi connectivity index (χ4v) is 1.65. The summed E-state index contributed by atoms with van der Waals surface area (Å²) in [6.07, 6.45) is -2.27. The molecule has 0 aliphatic carbocycles. The Balaban J connectivity index is 4.55. The maximum atomic E-state index is 12.2. The van der Waals surface area contributed by atoms with Gasteiger partial charge in [-0.3, -0.25) is 9.59 Å². The highest BCUT2D eigenvalue weighted by molar-refractivity contribution is 5.85. The summed E-state index contributed by atoms with van der Waals surface area (Å²) in [5.74, 6) is -0.899. The molecule has 0 heterocycles. The molecule has 150 valence electrons. The molecule has 2 unspecified atom stereocenters. The molecule has 0 bridgehead atoms. The summed E-state index contributed by atoms with van der Waals surface area (Å²) in [5.41, 5.74) is 11.5. The van der Waals surface area contributed by atoms with Crippen LogP contribution in [0.2, 0.25) is 0 Å². The lowest BCUT2D eigenvalue weighted by Crippen LogP contribution is -2.48. The predicted octanol–water partition coefficient (Wildman–Crippen LogP) is -3.66. The van der Waals surface area contributed by atoms with Crippen LogP contribution >= 0.6 is 0 Å². The maximum Gasteiger partial charge on any atom is 0.242 e. The number of aliphatic hydroxyl groups is 2. The summed E-state index contributed by atoms with van der Waals surface area (Å²) in [7, 11) is 1.28. The number of nitrogens with zero attached hydrogens (tertiary/aromatic N) is 1. The zero-order chi connectivity index (χ0) is 20.1. The van der Waals surface area contributed by atoms with Gasteiger partial charge in [0, 0.05) is 25.0 Å². The number of aliphatic hydroxyl groups excluding tert-OH is 2. The first-order valence-corrected chi connectivity index (χ1v) is 7.91. The van der Waals surface area contributed by atoms with Crippen LogP contribution < -0.4 is 27.4 Å². The number of nitrogens with one attached hydrogen (secondary N) is 3. The first kappa shape index (κ1) is 23.8. The molecular formula is C15H30N6O5. The van der Waals surface area contributed by atoms with E-state index in [4.69, 9.17) is 21.3 Å². The number of rotatable bonds is 14. The predicted molar refractivity (Wildman–Crippen MR) is 96.1 cm³/mol. The standard InChI is InChI=1S/C15H30N6O5/c1-10(4-16)19-7-14(24)21(9-15(25)26-3)8-13(23)20-5-11(2)18-6-12(17)22/h12,15,18-19,22,25H,1-2,4-9,16-17H2,3H3,(H,20,23). The van der Waals surface area contributed by atoms with E-state index in [9.17, 15) is 14.7 Å². The lowest BCUT2D eigenvalue weighted by molar-refractivity contribution is -0.143. The number of carbonyl (C=O) groups is 2. The second-order valence-electron chi connectivity index (χ2n) is 5.45. The summed E-state index contributed by atoms with van der Waals surface area (Å²) >= 11 is 0. The van der Waals surface area contributed by atoms with Gasteiger partial charge in [-0.25, -0.2) is 0 Å². The lowest BCUT2D eigenvalue weighted by atomic mass is 10.3. The Kier molecular flexibility index (Phi) is 12.0. The number of hydrogen-bond acceptors (Lipinski definition) is 9. The molecule has 0 fully saturated rings. The minimum atomic E-state index is -1.23. The van der Waals surface area contributed by atoms with Gasteiger partial charge in [0.25, 0.3) is 0 Å². The summed E-state index contributed by atoms with van der Waals surface area (Å²) in [6, 6.07) is 0. The fraction of sp³-hybridized carbons (Fsp3) is 0.600. The van der Waals surface area contributed by atoms with Crippen LogP contribution in [0.15, 0.2) is 24.6 Å². The van der Waals surface area contributed by atoms with Gasteiger partial charge in [-0.1, -0.05) is 13.2 Å². The average molecular weight is 374 g/mol. The number of hydrogen-bond donors (Lipinski definition) is 7. The quantitative estimate of drug-likeness (QED) is 0.151. The van der Waals surface area contributed by atoms with Crippen molar-refractivity contribution >= 4 is 11.8 Å². The van der Waals surface area contributed by atoms with Crippen LogP contribution in [-0.4, -0.2) is 85.8 Å². The SMILES string of the molecule is C=C(CN)NCC(=O)N(CC(=O)NCC(=C)NCC(N)O)CC(O)OC. The van der Waals surface area contributed by atoms with E-state index in [1.165, 1.54) is 7.11 Å². The highest BCUT2D eigenvalue weighted by Gasteiger charge is 2.20. The number of carbonyl (C=O) groups excluding carboxylic acids is 2. The molecule has 9 N–H and O–H groups in total. The van der Waals surface area contributed by atoms with Gasteiger partial charge < -0.3 is 47.3 Å². The van der Waals surface area contributed by atoms with Crippen LogP contribution in [-0.2, 0) is 14.3 Å². The third-order valence-electron chi connectivity index (χ3n) is 3.13. The first-order chi connectivity index (χ1) is 12.2. The molecule has 2 amide bonds. The smallest absolute Gasteiger partial charge is 0.242 e. The Labute approximate surface area is 153 Å². The van der Waals surface area contributed by atoms with Crippen molar-refractivity contribution in [2.45, 2.75) is 12.5 Å². The van der Waals surface area contributed by atoms with Crippen molar-refractivity contribution < 1.29 is 24.5 Å². The van der Waals surface area contributed by atoms with E-state index in [0.717, 1.165) is 4.90 Å². The molecule has 0 aliphatic heterocycles. The van der Waals surface area contributed by atoms with Crippen molar-refractivity contribution in [2.75, 3.05) is 46.4 Å². The number of nitrogens with two attached hydrogens (primary N) is 2. The van der Waals surface area contributed by atoms with Crippen LogP contribution in [0.4, 0.5) is 0 Å². The molecule has 0 saturated carbocycles. The second-order valence-corrected chi connectivity index (χ2v) is 5.45. The molecule has 0 spiro atoms. The van der Waals surface area contributed by atoms with Gasteiger partial charge in [0.15, 0.2) is 6.29 Å². The zero-order valence-corrected chi connectivity index (χ0v) is 15.0. The molecule has 0 aliphatic rings. The van der Waals surface area contributed by atoms with Crippen molar-refractivity contribution in [3.63, 3.8) is 0 Å². The molecule has 0 aromatic heterocycles. The molecular weight excluding hydrogens is 344 g/mol. The second kappa shape index (κ2) is 13.1. The van der Waals surface area contributed by atoms with E-state index in [2.05, 4.69) is 29.1 Å². The molecule has 0 aromatic carbocycles. The highest BCUT2D eigenvalue weighted by atomic mass is 16.6. The zero-order valence-electron chi connectivity index (χ0n) is 15.0. The Hall–Kier alpha value is -2.18. The minimum absolute atomic E-state index is 0.0860. The molecule has 0 saturated heterocycles. The lowest BCUT2D eigenvalue weighted by Gasteiger charge is -2.25. The van der Waals surface area contributed by atoms with E-state index in [-0.39, 0.29) is 39.3 Å². The monoisotopic (exact) mass is 374 g/mol. The Morgan fingerprint density at radius 2 is 1.81 bits per heavy atom. The van der Waals surface area contributed by atoms with Crippen LogP contribution in [0.3, 0.4) is 0 Å². The molecule has 0 radical (unpaired) electrons. The summed E-state index contributed by atoms with van der Waals surface area (Å²) in [5, 5.41) is 26.6. The van der Waals surface area contributed by atoms with Crippen LogP contribution in [0.1, 0.15) is 0 Å². The van der Waals surface area contributed by atoms with Crippen molar-refractivity contribution in [2.24, 2.45) is 11.5 Å². The third kappa shape index (κ3) is 11.4. The van der Waals surface area contributed by atoms with Gasteiger partial charge in [-0.2, -0.15) is 0 Å². The fourth-order valence-electron chi connectivity index (χ4n) is 1.65. The Morgan fingerprint density at radius 3 is 2.35 bits per heavy atom. The molecule has 2 atom stereocenters. The molecule has 0 rings (SSSR count). The molecule has 11 nitrogen and oxygen atoms in total. The van der Waals surface area contributed by atoms with Crippen molar-refractivity contribution in [1.29, 1.82) is 0 Å². The number of methoxy groups -OCH3 is 1. The highest BCUT2D eigenvalue weighted by Crippen LogP contribution is 1.96. The molecule has 26 heavy (non-hydrogen) atoms. The van der Waals surface area contributed by atoms with Gasteiger partial charge in [0.1, 0.15) is 6.23 Å². The van der Waals surface area contributed by atoms with E-state index in [0.29, 0.717) is 11.4 Å². The van der Waals surface area contributed by atoms with Crippen molar-refractivity contribution in [1.82, 2.24) is 20.9 Å². The Morgan fingerprint density at radius 1 is 1.15 bits per heavy atom. The van der Waals surface area contributed by atoms with Crippen molar-refractivity contribution in [3.8, 4) is 0 Å². The van der Waals surface area contributed by atoms with E-state index in [1.807, 2.05) is 0 Å². The van der Waals surface area contributed by atoms with Gasteiger partial charge in [0.2, 0.25) is 11.8 Å². The van der Waals surface area contributed by atoms with E-state index in [1.54, 1.807) is 0 Å². The van der Waals surface area contributed by atoms with Crippen molar-refractivity contribution in [3.05, 3.63) is 24.6 Å². The topological polar surface area (TPSA) is 175 Å². The Bertz CT molecular complexity index is 485. The van der Waals surface area contributed by atoms with E-state index >= 15 is 0 Å². The minimum Gasteiger partial charge on any atom is -0.383 e. The summed E-state index contributed by atoms with van der Waals surface area (Å²) < 4.78 is 4.72. The van der Waals surface area contributed by atoms with Gasteiger partial charge in [0.05, 0.1) is 32.7 Å². The average Bonchev–Trinajstić information content (AvgIpc) is 2.61. The normalized spacial score (nSPS) is 12.7. The summed E-state index contributed by atoms with van der Waals surface area (Å²) in [4.78, 5) is 25.4. The molecule has 11 heteroatoms.